The molecule has 3 rings (SSSR count). The van der Waals surface area contributed by atoms with Crippen LogP contribution in [0.5, 0.6) is 11.5 Å². The minimum atomic E-state index is -4.86. The number of hydrogen-bond acceptors (Lipinski definition) is 3. The predicted octanol–water partition coefficient (Wildman–Crippen LogP) is 5.87. The van der Waals surface area contributed by atoms with E-state index in [4.69, 9.17) is 4.74 Å². The Kier molecular flexibility index (Phi) is 5.68. The van der Waals surface area contributed by atoms with E-state index in [-0.39, 0.29) is 11.4 Å². The van der Waals surface area contributed by atoms with Crippen molar-refractivity contribution in [2.45, 2.75) is 13.1 Å². The van der Waals surface area contributed by atoms with Crippen LogP contribution in [-0.4, -0.2) is 10.9 Å². The summed E-state index contributed by atoms with van der Waals surface area (Å²) in [6.07, 6.45) is -4.45. The lowest BCUT2D eigenvalue weighted by molar-refractivity contribution is -0.142. The molecule has 156 valence electrons. The summed E-state index contributed by atoms with van der Waals surface area (Å²) in [5.74, 6) is -5.11. The number of halogens is 6. The van der Waals surface area contributed by atoms with Crippen molar-refractivity contribution >= 4 is 11.6 Å². The minimum Gasteiger partial charge on any atom is -0.455 e. The van der Waals surface area contributed by atoms with Gasteiger partial charge in [0, 0.05) is 11.8 Å². The average molecular weight is 426 g/mol. The number of alkyl halides is 3. The summed E-state index contributed by atoms with van der Waals surface area (Å²) >= 11 is 0. The number of carbonyl (C=O) groups is 1. The average Bonchev–Trinajstić information content (AvgIpc) is 2.61. The molecule has 0 saturated carbocycles. The number of amides is 1. The largest absolute Gasteiger partial charge is 0.455 e. The third-order valence-corrected chi connectivity index (χ3v) is 3.84. The maximum Gasteiger partial charge on any atom is 0.437 e. The second kappa shape index (κ2) is 8.05. The zero-order chi connectivity index (χ0) is 22.1. The van der Waals surface area contributed by atoms with Crippen LogP contribution >= 0.6 is 0 Å². The summed E-state index contributed by atoms with van der Waals surface area (Å²) in [6.45, 7) is 1.46. The Labute approximate surface area is 166 Å². The Balaban J connectivity index is 1.78. The molecular weight excluding hydrogens is 414 g/mol. The van der Waals surface area contributed by atoms with E-state index in [2.05, 4.69) is 10.3 Å². The van der Waals surface area contributed by atoms with Gasteiger partial charge in [-0.05, 0) is 48.9 Å². The standard InChI is InChI=1S/C20H12F6N2O2/c1-10-6-14(22)17(15(23)7-10)19(29)28-12-2-4-13(5-3-12)30-16-8-11(21)9-27-18(16)20(24,25)26/h2-9H,1H3,(H,28,29). The van der Waals surface area contributed by atoms with Crippen molar-refractivity contribution in [2.75, 3.05) is 5.32 Å². The number of hydrogen-bond donors (Lipinski definition) is 1. The van der Waals surface area contributed by atoms with Crippen molar-refractivity contribution in [1.82, 2.24) is 4.98 Å². The minimum absolute atomic E-state index is 0.0973. The number of benzene rings is 2. The quantitative estimate of drug-likeness (QED) is 0.531. The van der Waals surface area contributed by atoms with Crippen LogP contribution in [-0.2, 0) is 6.18 Å². The van der Waals surface area contributed by atoms with Gasteiger partial charge in [-0.3, -0.25) is 4.79 Å². The van der Waals surface area contributed by atoms with Crippen LogP contribution in [0.4, 0.5) is 32.0 Å². The first kappa shape index (κ1) is 21.2. The molecule has 0 bridgehead atoms. The van der Waals surface area contributed by atoms with Gasteiger partial charge in [0.05, 0.1) is 6.20 Å². The first-order valence-electron chi connectivity index (χ1n) is 8.32. The van der Waals surface area contributed by atoms with Gasteiger partial charge >= 0.3 is 6.18 Å². The van der Waals surface area contributed by atoms with Gasteiger partial charge in [0.2, 0.25) is 0 Å². The number of nitrogens with one attached hydrogen (secondary N) is 1. The van der Waals surface area contributed by atoms with Crippen LogP contribution in [0.2, 0.25) is 0 Å². The summed E-state index contributed by atoms with van der Waals surface area (Å²) in [5, 5.41) is 2.27. The van der Waals surface area contributed by atoms with E-state index in [1.54, 1.807) is 0 Å². The van der Waals surface area contributed by atoms with Crippen molar-refractivity contribution in [3.05, 3.63) is 82.9 Å². The number of aryl methyl sites for hydroxylation is 1. The van der Waals surface area contributed by atoms with Crippen molar-refractivity contribution in [3.63, 3.8) is 0 Å². The SMILES string of the molecule is Cc1cc(F)c(C(=O)Nc2ccc(Oc3cc(F)cnc3C(F)(F)F)cc2)c(F)c1. The molecule has 0 atom stereocenters. The summed E-state index contributed by atoms with van der Waals surface area (Å²) in [7, 11) is 0. The first-order valence-corrected chi connectivity index (χ1v) is 8.32. The number of aromatic nitrogens is 1. The van der Waals surface area contributed by atoms with E-state index in [1.807, 2.05) is 0 Å². The lowest BCUT2D eigenvalue weighted by Crippen LogP contribution is -2.16. The Morgan fingerprint density at radius 1 is 1.00 bits per heavy atom. The number of anilines is 1. The van der Waals surface area contributed by atoms with E-state index in [1.165, 1.54) is 31.2 Å². The maximum absolute atomic E-state index is 13.9. The molecule has 3 aromatic rings. The van der Waals surface area contributed by atoms with Crippen molar-refractivity contribution in [2.24, 2.45) is 0 Å². The van der Waals surface area contributed by atoms with E-state index >= 15 is 0 Å². The van der Waals surface area contributed by atoms with Gasteiger partial charge in [-0.1, -0.05) is 0 Å². The molecule has 1 amide bonds. The van der Waals surface area contributed by atoms with E-state index in [9.17, 15) is 31.1 Å². The van der Waals surface area contributed by atoms with Crippen LogP contribution in [0.1, 0.15) is 21.6 Å². The highest BCUT2D eigenvalue weighted by atomic mass is 19.4. The molecule has 1 aromatic heterocycles. The van der Waals surface area contributed by atoms with E-state index in [0.29, 0.717) is 17.8 Å². The zero-order valence-corrected chi connectivity index (χ0v) is 15.2. The van der Waals surface area contributed by atoms with E-state index in [0.717, 1.165) is 12.1 Å². The number of rotatable bonds is 4. The molecule has 0 aliphatic heterocycles. The van der Waals surface area contributed by atoms with Crippen LogP contribution in [0, 0.1) is 24.4 Å². The lowest BCUT2D eigenvalue weighted by Gasteiger charge is -2.13. The number of carbonyl (C=O) groups excluding carboxylic acids is 1. The molecule has 10 heteroatoms. The summed E-state index contributed by atoms with van der Waals surface area (Å²) < 4.78 is 85.0. The van der Waals surface area contributed by atoms with Gasteiger partial charge in [-0.25, -0.2) is 18.2 Å². The highest BCUT2D eigenvalue weighted by Gasteiger charge is 2.37. The molecule has 0 spiro atoms. The second-order valence-electron chi connectivity index (χ2n) is 6.18. The Morgan fingerprint density at radius 2 is 1.60 bits per heavy atom. The van der Waals surface area contributed by atoms with Crippen LogP contribution < -0.4 is 10.1 Å². The Morgan fingerprint density at radius 3 is 2.17 bits per heavy atom. The van der Waals surface area contributed by atoms with Crippen LogP contribution in [0.25, 0.3) is 0 Å². The van der Waals surface area contributed by atoms with Crippen LogP contribution in [0.15, 0.2) is 48.7 Å². The molecule has 2 aromatic carbocycles. The summed E-state index contributed by atoms with van der Waals surface area (Å²) in [5.41, 5.74) is -1.79. The topological polar surface area (TPSA) is 51.2 Å². The molecule has 0 saturated heterocycles. The van der Waals surface area contributed by atoms with Gasteiger partial charge in [-0.15, -0.1) is 0 Å². The number of ether oxygens (including phenoxy) is 1. The lowest BCUT2D eigenvalue weighted by atomic mass is 10.1. The van der Waals surface area contributed by atoms with Gasteiger partial charge in [0.15, 0.2) is 11.4 Å². The van der Waals surface area contributed by atoms with Gasteiger partial charge in [0.1, 0.15) is 28.8 Å². The van der Waals surface area contributed by atoms with Gasteiger partial charge in [0.25, 0.3) is 5.91 Å². The molecule has 4 nitrogen and oxygen atoms in total. The highest BCUT2D eigenvalue weighted by molar-refractivity contribution is 6.04. The fourth-order valence-electron chi connectivity index (χ4n) is 2.56. The van der Waals surface area contributed by atoms with Crippen molar-refractivity contribution in [1.29, 1.82) is 0 Å². The third-order valence-electron chi connectivity index (χ3n) is 3.84. The fraction of sp³-hybridized carbons (Fsp3) is 0.100. The molecule has 0 radical (unpaired) electrons. The maximum atomic E-state index is 13.9. The van der Waals surface area contributed by atoms with Gasteiger partial charge < -0.3 is 10.1 Å². The molecule has 0 aliphatic rings. The fourth-order valence-corrected chi connectivity index (χ4v) is 2.56. The molecule has 1 N–H and O–H groups in total. The van der Waals surface area contributed by atoms with Gasteiger partial charge in [-0.2, -0.15) is 13.2 Å². The monoisotopic (exact) mass is 426 g/mol. The number of nitrogens with zero attached hydrogens (tertiary/aromatic N) is 1. The van der Waals surface area contributed by atoms with Crippen LogP contribution in [0.3, 0.4) is 0 Å². The molecule has 1 heterocycles. The Hall–Kier alpha value is -3.56. The zero-order valence-electron chi connectivity index (χ0n) is 15.2. The Bertz CT molecular complexity index is 1070. The predicted molar refractivity (Wildman–Crippen MR) is 94.8 cm³/mol. The molecular formula is C20H12F6N2O2. The summed E-state index contributed by atoms with van der Waals surface area (Å²) in [4.78, 5) is 15.1. The molecule has 30 heavy (non-hydrogen) atoms. The van der Waals surface area contributed by atoms with Crippen molar-refractivity contribution < 1.29 is 35.9 Å². The summed E-state index contributed by atoms with van der Waals surface area (Å²) in [6, 6.07) is 7.37. The molecule has 0 aliphatic carbocycles. The first-order chi connectivity index (χ1) is 14.0. The highest BCUT2D eigenvalue weighted by Crippen LogP contribution is 2.37. The third kappa shape index (κ3) is 4.70. The molecule has 0 unspecified atom stereocenters. The van der Waals surface area contributed by atoms with Crippen molar-refractivity contribution in [3.8, 4) is 11.5 Å². The van der Waals surface area contributed by atoms with E-state index < -0.39 is 46.5 Å². The second-order valence-corrected chi connectivity index (χ2v) is 6.18. The smallest absolute Gasteiger partial charge is 0.437 e. The molecule has 0 fully saturated rings. The number of pyridine rings is 1. The normalized spacial score (nSPS) is 11.3.